The Kier molecular flexibility index (Phi) is 15.0. The van der Waals surface area contributed by atoms with Crippen LogP contribution in [0.3, 0.4) is 0 Å². The number of alkyl halides is 2. The molecule has 204 valence electrons. The molecule has 0 radical (unpaired) electrons. The van der Waals surface area contributed by atoms with Gasteiger partial charge in [0.05, 0.1) is 27.7 Å². The minimum atomic E-state index is -3.50. The molecule has 14 heteroatoms. The number of quaternary nitrogens is 1. The molecule has 0 saturated heterocycles. The number of nitrogens with zero attached hydrogens (tertiary/aromatic N) is 5. The maximum absolute atomic E-state index is 13.8. The van der Waals surface area contributed by atoms with Gasteiger partial charge in [0, 0.05) is 37.0 Å². The van der Waals surface area contributed by atoms with Crippen molar-refractivity contribution in [3.63, 3.8) is 0 Å². The van der Waals surface area contributed by atoms with Crippen molar-refractivity contribution in [3.8, 4) is 0 Å². The van der Waals surface area contributed by atoms with Crippen LogP contribution >= 0.6 is 30.9 Å². The van der Waals surface area contributed by atoms with E-state index in [1.165, 1.54) is 23.4 Å². The van der Waals surface area contributed by atoms with Crippen molar-refractivity contribution in [3.05, 3.63) is 57.9 Å². The van der Waals surface area contributed by atoms with E-state index in [4.69, 9.17) is 27.7 Å². The topological polar surface area (TPSA) is 103 Å². The third-order valence-electron chi connectivity index (χ3n) is 5.62. The summed E-state index contributed by atoms with van der Waals surface area (Å²) in [5.41, 5.74) is 1.73. The van der Waals surface area contributed by atoms with Gasteiger partial charge in [0.2, 0.25) is 0 Å². The van der Waals surface area contributed by atoms with Gasteiger partial charge in [-0.2, -0.15) is 0 Å². The normalized spacial score (nSPS) is 13.4. The van der Waals surface area contributed by atoms with Gasteiger partial charge < -0.3 is 38.6 Å². The van der Waals surface area contributed by atoms with Crippen LogP contribution in [0.4, 0.5) is 5.95 Å². The molecule has 0 amide bonds. The summed E-state index contributed by atoms with van der Waals surface area (Å²) in [4.78, 5) is 14.3. The second-order valence-electron chi connectivity index (χ2n) is 8.91. The van der Waals surface area contributed by atoms with Crippen molar-refractivity contribution in [2.24, 2.45) is 7.05 Å². The summed E-state index contributed by atoms with van der Waals surface area (Å²) in [7, 11) is 2.42. The van der Waals surface area contributed by atoms with E-state index < -0.39 is 12.6 Å². The Morgan fingerprint density at radius 3 is 2.39 bits per heavy atom. The number of nitrogens with one attached hydrogen (secondary N) is 1. The van der Waals surface area contributed by atoms with Crippen molar-refractivity contribution >= 4 is 36.8 Å². The van der Waals surface area contributed by atoms with E-state index >= 15 is 0 Å². The number of aromatic nitrogens is 2. The third kappa shape index (κ3) is 10.5. The molecule has 1 aromatic heterocycles. The van der Waals surface area contributed by atoms with E-state index in [0.29, 0.717) is 25.3 Å². The monoisotopic (exact) mass is 676 g/mol. The predicted octanol–water partition coefficient (Wildman–Crippen LogP) is 1.38. The number of benzene rings is 1. The molecule has 0 saturated carbocycles. The van der Waals surface area contributed by atoms with Crippen LogP contribution in [0.5, 0.6) is 0 Å². The Morgan fingerprint density at radius 2 is 1.83 bits per heavy atom. The summed E-state index contributed by atoms with van der Waals surface area (Å²) >= 11 is 11.9. The van der Waals surface area contributed by atoms with Crippen LogP contribution < -0.4 is 29.1 Å². The van der Waals surface area contributed by atoms with Gasteiger partial charge in [-0.15, -0.1) is 23.2 Å². The quantitative estimate of drug-likeness (QED) is 0.0514. The minimum Gasteiger partial charge on any atom is -1.00 e. The molecule has 1 heterocycles. The average molecular weight is 677 g/mol. The fourth-order valence-corrected chi connectivity index (χ4v) is 6.30. The fraction of sp³-hybridized carbons (Fsp3) is 0.591. The zero-order valence-corrected chi connectivity index (χ0v) is 25.5. The molecule has 0 fully saturated rings. The molecule has 0 spiro atoms. The summed E-state index contributed by atoms with van der Waals surface area (Å²) in [6, 6.07) is 10.4. The number of halogens is 3. The van der Waals surface area contributed by atoms with Crippen LogP contribution in [0.15, 0.2) is 36.5 Å². The van der Waals surface area contributed by atoms with E-state index in [1.54, 1.807) is 4.67 Å². The Balaban J connectivity index is 0.00000648. The number of imidazole rings is 1. The van der Waals surface area contributed by atoms with Gasteiger partial charge in [-0.25, -0.2) is 14.3 Å². The Hall–Kier alpha value is -0.790. The zero-order valence-electron chi connectivity index (χ0n) is 21.0. The molecular weight excluding hydrogens is 641 g/mol. The highest BCUT2D eigenvalue weighted by atomic mass is 127. The summed E-state index contributed by atoms with van der Waals surface area (Å²) in [6.45, 7) is 2.93. The smallest absolute Gasteiger partial charge is 0.434 e. The minimum absolute atomic E-state index is 0. The van der Waals surface area contributed by atoms with Gasteiger partial charge in [-0.1, -0.05) is 35.3 Å². The average Bonchev–Trinajstić information content (AvgIpc) is 3.18. The Bertz CT molecular complexity index is 977. The van der Waals surface area contributed by atoms with E-state index in [1.807, 2.05) is 18.2 Å². The highest BCUT2D eigenvalue weighted by Gasteiger charge is 2.32. The van der Waals surface area contributed by atoms with Crippen LogP contribution in [-0.2, 0) is 29.3 Å². The van der Waals surface area contributed by atoms with Crippen molar-refractivity contribution in [1.82, 2.24) is 19.3 Å². The Labute approximate surface area is 240 Å². The molecule has 1 aromatic carbocycles. The van der Waals surface area contributed by atoms with Gasteiger partial charge in [0.15, 0.2) is 0 Å². The van der Waals surface area contributed by atoms with E-state index in [2.05, 4.69) is 36.3 Å². The maximum atomic E-state index is 13.8. The molecule has 2 aromatic rings. The largest absolute Gasteiger partial charge is 1.00 e. The van der Waals surface area contributed by atoms with Crippen LogP contribution in [0.2, 0.25) is 0 Å². The third-order valence-corrected chi connectivity index (χ3v) is 8.21. The summed E-state index contributed by atoms with van der Waals surface area (Å²) in [6.07, 6.45) is 3.09. The standard InChI is InChI=1S/C22H36Cl2N6O4P.HI/c1-27-21(17-25-22(27)29(31)32)19-34-35(33,28(14-11-23)15-12-24)26-13-7-8-16-30(2,3)18-20-9-5-4-6-10-20;/h4-6,9-10,17H,7-8,11-16,18-19H2,1-3H3,(H,26,33);1H/q+1;/p-1. The van der Waals surface area contributed by atoms with Crippen LogP contribution in [0.1, 0.15) is 24.1 Å². The van der Waals surface area contributed by atoms with Crippen molar-refractivity contribution < 1.29 is 42.5 Å². The van der Waals surface area contributed by atoms with Crippen molar-refractivity contribution in [1.29, 1.82) is 0 Å². The van der Waals surface area contributed by atoms with Crippen LogP contribution in [0, 0.1) is 10.1 Å². The van der Waals surface area contributed by atoms with Crippen molar-refractivity contribution in [2.75, 3.05) is 52.0 Å². The molecular formula is C22H36Cl2IN6O4P. The van der Waals surface area contributed by atoms with Gasteiger partial charge in [-0.05, 0) is 17.8 Å². The zero-order chi connectivity index (χ0) is 25.9. The highest BCUT2D eigenvalue weighted by Crippen LogP contribution is 2.47. The summed E-state index contributed by atoms with van der Waals surface area (Å²) in [5.74, 6) is 0.212. The van der Waals surface area contributed by atoms with Gasteiger partial charge in [0.25, 0.3) is 0 Å². The molecule has 2 rings (SSSR count). The molecule has 36 heavy (non-hydrogen) atoms. The summed E-state index contributed by atoms with van der Waals surface area (Å²) < 4.78 is 23.5. The van der Waals surface area contributed by atoms with Crippen LogP contribution in [0.25, 0.3) is 0 Å². The first kappa shape index (κ1) is 33.2. The van der Waals surface area contributed by atoms with Crippen LogP contribution in [-0.4, -0.2) is 75.7 Å². The lowest BCUT2D eigenvalue weighted by Gasteiger charge is -2.31. The molecule has 0 aliphatic carbocycles. The molecule has 10 nitrogen and oxygen atoms in total. The maximum Gasteiger partial charge on any atom is 0.434 e. The second-order valence-corrected chi connectivity index (χ2v) is 11.8. The molecule has 1 N–H and O–H groups in total. The molecule has 0 aliphatic rings. The molecule has 0 aliphatic heterocycles. The predicted molar refractivity (Wildman–Crippen MR) is 140 cm³/mol. The lowest BCUT2D eigenvalue weighted by Crippen LogP contribution is -3.00. The van der Waals surface area contributed by atoms with Gasteiger partial charge >= 0.3 is 13.6 Å². The number of hydrogen-bond donors (Lipinski definition) is 1. The van der Waals surface area contributed by atoms with E-state index in [-0.39, 0.29) is 48.3 Å². The lowest BCUT2D eigenvalue weighted by molar-refractivity contribution is -0.903. The summed E-state index contributed by atoms with van der Waals surface area (Å²) in [5, 5.41) is 14.2. The number of hydrogen-bond acceptors (Lipinski definition) is 5. The van der Waals surface area contributed by atoms with Gasteiger partial charge in [0.1, 0.15) is 25.0 Å². The van der Waals surface area contributed by atoms with E-state index in [0.717, 1.165) is 30.4 Å². The lowest BCUT2D eigenvalue weighted by atomic mass is 10.2. The number of nitro groups is 1. The highest BCUT2D eigenvalue weighted by molar-refractivity contribution is 7.54. The SMILES string of the molecule is Cn1c(COP(=O)(NCCCC[N+](C)(C)Cc2ccccc2)N(CCCl)CCCl)cnc1[N+](=O)[O-].[I-]. The molecule has 0 bridgehead atoms. The van der Waals surface area contributed by atoms with Crippen molar-refractivity contribution in [2.45, 2.75) is 26.0 Å². The molecule has 1 unspecified atom stereocenters. The second kappa shape index (κ2) is 16.2. The Morgan fingerprint density at radius 1 is 1.19 bits per heavy atom. The van der Waals surface area contributed by atoms with E-state index in [9.17, 15) is 14.7 Å². The number of rotatable bonds is 17. The first-order valence-electron chi connectivity index (χ1n) is 11.5. The number of unbranched alkanes of at least 4 members (excludes halogenated alkanes) is 1. The fourth-order valence-electron chi connectivity index (χ4n) is 3.73. The first-order chi connectivity index (χ1) is 16.6. The van der Waals surface area contributed by atoms with Gasteiger partial charge in [-0.3, -0.25) is 9.09 Å². The first-order valence-corrected chi connectivity index (χ1v) is 14.1. The molecule has 1 atom stereocenters.